The fraction of sp³-hybridized carbons (Fsp3) is 0.385. The summed E-state index contributed by atoms with van der Waals surface area (Å²) < 4.78 is 5.19. The van der Waals surface area contributed by atoms with Crippen LogP contribution in [0, 0.1) is 0 Å². The largest absolute Gasteiger partial charge is 0.497 e. The van der Waals surface area contributed by atoms with Gasteiger partial charge in [0.25, 0.3) is 0 Å². The van der Waals surface area contributed by atoms with Gasteiger partial charge < -0.3 is 15.8 Å². The molecule has 0 aromatic heterocycles. The molecule has 16 heavy (non-hydrogen) atoms. The van der Waals surface area contributed by atoms with Gasteiger partial charge in [-0.3, -0.25) is 0 Å². The van der Waals surface area contributed by atoms with Gasteiger partial charge in [0.15, 0.2) is 0 Å². The standard InChI is InChI=1S/C13H18N2O/c1-16-13-8-10(14)7-12(9-13)15-11-5-3-2-4-6-11/h2-3,7-9,11,15H,4-6,14H2,1H3. The molecule has 0 fully saturated rings. The predicted molar refractivity (Wildman–Crippen MR) is 67.8 cm³/mol. The van der Waals surface area contributed by atoms with Crippen molar-refractivity contribution in [3.05, 3.63) is 30.4 Å². The average molecular weight is 218 g/mol. The summed E-state index contributed by atoms with van der Waals surface area (Å²) in [6.07, 6.45) is 7.87. The molecule has 2 rings (SSSR count). The Bertz CT molecular complexity index is 388. The Labute approximate surface area is 96.3 Å². The third kappa shape index (κ3) is 2.69. The number of anilines is 2. The molecule has 0 spiro atoms. The van der Waals surface area contributed by atoms with Crippen molar-refractivity contribution in [1.29, 1.82) is 0 Å². The molecule has 0 saturated heterocycles. The molecule has 1 aliphatic rings. The number of allylic oxidation sites excluding steroid dienone is 1. The number of nitrogens with one attached hydrogen (secondary N) is 1. The number of nitrogen functional groups attached to an aromatic ring is 1. The number of hydrogen-bond donors (Lipinski definition) is 2. The fourth-order valence-electron chi connectivity index (χ4n) is 1.98. The summed E-state index contributed by atoms with van der Waals surface area (Å²) in [6.45, 7) is 0. The number of rotatable bonds is 3. The number of methoxy groups -OCH3 is 1. The Morgan fingerprint density at radius 1 is 1.31 bits per heavy atom. The maximum Gasteiger partial charge on any atom is 0.122 e. The van der Waals surface area contributed by atoms with Gasteiger partial charge in [0.05, 0.1) is 7.11 Å². The van der Waals surface area contributed by atoms with Crippen LogP contribution in [0.25, 0.3) is 0 Å². The summed E-state index contributed by atoms with van der Waals surface area (Å²) in [4.78, 5) is 0. The molecule has 1 atom stereocenters. The van der Waals surface area contributed by atoms with Crippen LogP contribution in [0.3, 0.4) is 0 Å². The van der Waals surface area contributed by atoms with E-state index in [0.717, 1.165) is 30.0 Å². The second kappa shape index (κ2) is 4.92. The molecule has 0 aliphatic heterocycles. The normalized spacial score (nSPS) is 19.4. The summed E-state index contributed by atoms with van der Waals surface area (Å²) >= 11 is 0. The van der Waals surface area contributed by atoms with E-state index in [-0.39, 0.29) is 0 Å². The predicted octanol–water partition coefficient (Wildman–Crippen LogP) is 2.80. The van der Waals surface area contributed by atoms with Crippen molar-refractivity contribution >= 4 is 11.4 Å². The van der Waals surface area contributed by atoms with Crippen LogP contribution in [-0.4, -0.2) is 13.2 Å². The van der Waals surface area contributed by atoms with Gasteiger partial charge in [-0.1, -0.05) is 12.2 Å². The van der Waals surface area contributed by atoms with E-state index in [1.807, 2.05) is 18.2 Å². The van der Waals surface area contributed by atoms with Crippen LogP contribution in [0.5, 0.6) is 5.75 Å². The quantitative estimate of drug-likeness (QED) is 0.606. The van der Waals surface area contributed by atoms with E-state index >= 15 is 0 Å². The minimum Gasteiger partial charge on any atom is -0.497 e. The summed E-state index contributed by atoms with van der Waals surface area (Å²) in [5.41, 5.74) is 7.57. The second-order valence-corrected chi connectivity index (χ2v) is 4.12. The Morgan fingerprint density at radius 3 is 2.88 bits per heavy atom. The van der Waals surface area contributed by atoms with Crippen molar-refractivity contribution in [1.82, 2.24) is 0 Å². The van der Waals surface area contributed by atoms with Crippen LogP contribution < -0.4 is 15.8 Å². The lowest BCUT2D eigenvalue weighted by Crippen LogP contribution is -2.20. The first-order valence-electron chi connectivity index (χ1n) is 5.64. The molecule has 0 amide bonds. The minimum absolute atomic E-state index is 0.511. The van der Waals surface area contributed by atoms with Gasteiger partial charge in [0.1, 0.15) is 5.75 Å². The first-order valence-corrected chi connectivity index (χ1v) is 5.64. The Morgan fingerprint density at radius 2 is 2.19 bits per heavy atom. The Kier molecular flexibility index (Phi) is 3.34. The number of benzene rings is 1. The van der Waals surface area contributed by atoms with Crippen molar-refractivity contribution in [3.8, 4) is 5.75 Å². The zero-order chi connectivity index (χ0) is 11.4. The van der Waals surface area contributed by atoms with Crippen molar-refractivity contribution in [2.45, 2.75) is 25.3 Å². The van der Waals surface area contributed by atoms with E-state index < -0.39 is 0 Å². The Hall–Kier alpha value is -1.64. The summed E-state index contributed by atoms with van der Waals surface area (Å²) in [7, 11) is 1.65. The van der Waals surface area contributed by atoms with E-state index in [0.29, 0.717) is 6.04 Å². The fourth-order valence-corrected chi connectivity index (χ4v) is 1.98. The van der Waals surface area contributed by atoms with Crippen molar-refractivity contribution in [2.24, 2.45) is 0 Å². The van der Waals surface area contributed by atoms with E-state index in [2.05, 4.69) is 17.5 Å². The van der Waals surface area contributed by atoms with Crippen LogP contribution in [0.4, 0.5) is 11.4 Å². The smallest absolute Gasteiger partial charge is 0.122 e. The molecule has 1 unspecified atom stereocenters. The number of hydrogen-bond acceptors (Lipinski definition) is 3. The molecule has 3 nitrogen and oxygen atoms in total. The lowest BCUT2D eigenvalue weighted by molar-refractivity contribution is 0.415. The van der Waals surface area contributed by atoms with Gasteiger partial charge in [0, 0.05) is 29.5 Å². The maximum atomic E-state index is 5.81. The molecule has 1 aromatic rings. The summed E-state index contributed by atoms with van der Waals surface area (Å²) in [5, 5.41) is 3.49. The second-order valence-electron chi connectivity index (χ2n) is 4.12. The molecule has 0 radical (unpaired) electrons. The molecular weight excluding hydrogens is 200 g/mol. The van der Waals surface area contributed by atoms with Gasteiger partial charge >= 0.3 is 0 Å². The van der Waals surface area contributed by atoms with Crippen LogP contribution in [0.2, 0.25) is 0 Å². The zero-order valence-corrected chi connectivity index (χ0v) is 9.57. The third-order valence-corrected chi connectivity index (χ3v) is 2.80. The maximum absolute atomic E-state index is 5.81. The van der Waals surface area contributed by atoms with E-state index in [1.165, 1.54) is 6.42 Å². The zero-order valence-electron chi connectivity index (χ0n) is 9.57. The van der Waals surface area contributed by atoms with Gasteiger partial charge in [-0.05, 0) is 25.3 Å². The highest BCUT2D eigenvalue weighted by molar-refractivity contribution is 5.59. The minimum atomic E-state index is 0.511. The topological polar surface area (TPSA) is 47.3 Å². The van der Waals surface area contributed by atoms with Gasteiger partial charge in [-0.25, -0.2) is 0 Å². The van der Waals surface area contributed by atoms with Crippen molar-refractivity contribution in [3.63, 3.8) is 0 Å². The van der Waals surface area contributed by atoms with Crippen LogP contribution in [-0.2, 0) is 0 Å². The van der Waals surface area contributed by atoms with Crippen LogP contribution >= 0.6 is 0 Å². The molecule has 86 valence electrons. The Balaban J connectivity index is 2.08. The molecule has 1 aromatic carbocycles. The number of ether oxygens (including phenoxy) is 1. The number of nitrogens with two attached hydrogens (primary N) is 1. The molecule has 0 heterocycles. The van der Waals surface area contributed by atoms with Crippen molar-refractivity contribution < 1.29 is 4.74 Å². The van der Waals surface area contributed by atoms with Gasteiger partial charge in [-0.2, -0.15) is 0 Å². The lowest BCUT2D eigenvalue weighted by Gasteiger charge is -2.21. The molecule has 0 bridgehead atoms. The van der Waals surface area contributed by atoms with E-state index in [1.54, 1.807) is 7.11 Å². The highest BCUT2D eigenvalue weighted by Gasteiger charge is 2.10. The highest BCUT2D eigenvalue weighted by atomic mass is 16.5. The van der Waals surface area contributed by atoms with Crippen LogP contribution in [0.15, 0.2) is 30.4 Å². The third-order valence-electron chi connectivity index (χ3n) is 2.80. The van der Waals surface area contributed by atoms with Crippen molar-refractivity contribution in [2.75, 3.05) is 18.2 Å². The molecule has 0 saturated carbocycles. The molecule has 3 heteroatoms. The SMILES string of the molecule is COc1cc(N)cc(NC2CC=CCC2)c1. The molecular formula is C13H18N2O. The van der Waals surface area contributed by atoms with E-state index in [4.69, 9.17) is 10.5 Å². The average Bonchev–Trinajstić information content (AvgIpc) is 2.29. The lowest BCUT2D eigenvalue weighted by atomic mass is 10.0. The highest BCUT2D eigenvalue weighted by Crippen LogP contribution is 2.24. The van der Waals surface area contributed by atoms with Gasteiger partial charge in [-0.15, -0.1) is 0 Å². The summed E-state index contributed by atoms with van der Waals surface area (Å²) in [6, 6.07) is 6.26. The molecule has 1 aliphatic carbocycles. The van der Waals surface area contributed by atoms with Crippen LogP contribution in [0.1, 0.15) is 19.3 Å². The first-order chi connectivity index (χ1) is 7.78. The monoisotopic (exact) mass is 218 g/mol. The van der Waals surface area contributed by atoms with Gasteiger partial charge in [0.2, 0.25) is 0 Å². The van der Waals surface area contributed by atoms with E-state index in [9.17, 15) is 0 Å². The first kappa shape index (κ1) is 10.9. The summed E-state index contributed by atoms with van der Waals surface area (Å²) in [5.74, 6) is 0.800. The molecule has 3 N–H and O–H groups in total.